The summed E-state index contributed by atoms with van der Waals surface area (Å²) in [6, 6.07) is 9.06. The van der Waals surface area contributed by atoms with Crippen molar-refractivity contribution in [3.05, 3.63) is 58.6 Å². The van der Waals surface area contributed by atoms with Gasteiger partial charge in [-0.3, -0.25) is 4.90 Å². The lowest BCUT2D eigenvalue weighted by Gasteiger charge is -2.22. The molecule has 2 heterocycles. The van der Waals surface area contributed by atoms with E-state index in [0.717, 1.165) is 0 Å². The van der Waals surface area contributed by atoms with E-state index < -0.39 is 18.0 Å². The molecule has 4 rings (SSSR count). The van der Waals surface area contributed by atoms with Crippen LogP contribution in [0.25, 0.3) is 11.0 Å². The first-order valence-corrected chi connectivity index (χ1v) is 8.72. The monoisotopic (exact) mass is 425 g/mol. The molecule has 25 heavy (non-hydrogen) atoms. The molecule has 2 aromatic carbocycles. The molecule has 1 aliphatic heterocycles. The van der Waals surface area contributed by atoms with E-state index in [2.05, 4.69) is 20.9 Å². The Morgan fingerprint density at radius 1 is 1.28 bits per heavy atom. The number of fused-ring (bicyclic) bond motifs is 1. The maximum Gasteiger partial charge on any atom is 0.415 e. The second kappa shape index (κ2) is 6.30. The fraction of sp³-hybridized carbons (Fsp3) is 0.125. The summed E-state index contributed by atoms with van der Waals surface area (Å²) in [6.07, 6.45) is 0.791. The van der Waals surface area contributed by atoms with Gasteiger partial charge in [0, 0.05) is 10.0 Å². The quantitative estimate of drug-likeness (QED) is 0.591. The zero-order valence-electron chi connectivity index (χ0n) is 12.5. The highest BCUT2D eigenvalue weighted by Crippen LogP contribution is 2.36. The molecule has 5 nitrogen and oxygen atoms in total. The minimum absolute atomic E-state index is 0.0392. The minimum Gasteiger partial charge on any atom is -0.447 e. The zero-order valence-corrected chi connectivity index (χ0v) is 14.9. The Balaban J connectivity index is 1.77. The lowest BCUT2D eigenvalue weighted by Crippen LogP contribution is -2.27. The predicted molar refractivity (Wildman–Crippen MR) is 94.5 cm³/mol. The van der Waals surface area contributed by atoms with E-state index in [0.29, 0.717) is 26.8 Å². The van der Waals surface area contributed by atoms with Crippen LogP contribution in [-0.2, 0) is 4.74 Å². The minimum atomic E-state index is -0.587. The SMILES string of the molecule is O=C1OC[C@H](c2ccc(Br)cc2F)N1c1ccc2c(c1)ncn2SF. The number of rotatable bonds is 3. The zero-order chi connectivity index (χ0) is 17.6. The first-order chi connectivity index (χ1) is 12.1. The van der Waals surface area contributed by atoms with Gasteiger partial charge in [0.1, 0.15) is 24.8 Å². The summed E-state index contributed by atoms with van der Waals surface area (Å²) in [4.78, 5) is 17.7. The Kier molecular flexibility index (Phi) is 4.12. The van der Waals surface area contributed by atoms with E-state index in [9.17, 15) is 13.1 Å². The van der Waals surface area contributed by atoms with Crippen LogP contribution in [0.5, 0.6) is 0 Å². The van der Waals surface area contributed by atoms with Crippen molar-refractivity contribution in [1.29, 1.82) is 0 Å². The van der Waals surface area contributed by atoms with Crippen LogP contribution < -0.4 is 4.90 Å². The van der Waals surface area contributed by atoms with Crippen molar-refractivity contribution in [3.8, 4) is 0 Å². The Morgan fingerprint density at radius 3 is 2.88 bits per heavy atom. The second-order valence-electron chi connectivity index (χ2n) is 5.44. The summed E-state index contributed by atoms with van der Waals surface area (Å²) in [5.74, 6) is -0.429. The summed E-state index contributed by atoms with van der Waals surface area (Å²) in [5, 5.41) is 0. The summed E-state index contributed by atoms with van der Waals surface area (Å²) in [6.45, 7) is 0.0458. The van der Waals surface area contributed by atoms with Crippen molar-refractivity contribution in [2.75, 3.05) is 11.5 Å². The van der Waals surface area contributed by atoms with Crippen LogP contribution in [0.3, 0.4) is 0 Å². The van der Waals surface area contributed by atoms with Gasteiger partial charge >= 0.3 is 6.09 Å². The fourth-order valence-corrected chi connectivity index (χ4v) is 3.54. The molecule has 9 heteroatoms. The molecule has 1 aliphatic rings. The first-order valence-electron chi connectivity index (χ1n) is 7.25. The van der Waals surface area contributed by atoms with Gasteiger partial charge in [0.05, 0.1) is 16.7 Å². The number of carbonyl (C=O) groups is 1. The van der Waals surface area contributed by atoms with E-state index in [-0.39, 0.29) is 18.9 Å². The molecule has 1 fully saturated rings. The molecular weight excluding hydrogens is 416 g/mol. The highest BCUT2D eigenvalue weighted by Gasteiger charge is 2.37. The maximum absolute atomic E-state index is 14.3. The van der Waals surface area contributed by atoms with Crippen molar-refractivity contribution in [2.24, 2.45) is 0 Å². The van der Waals surface area contributed by atoms with Gasteiger partial charge in [-0.1, -0.05) is 22.0 Å². The van der Waals surface area contributed by atoms with Crippen LogP contribution in [0.2, 0.25) is 0 Å². The van der Waals surface area contributed by atoms with Crippen molar-refractivity contribution in [2.45, 2.75) is 6.04 Å². The van der Waals surface area contributed by atoms with Crippen LogP contribution >= 0.6 is 28.3 Å². The van der Waals surface area contributed by atoms with Gasteiger partial charge in [-0.15, -0.1) is 3.89 Å². The number of hydrogen-bond donors (Lipinski definition) is 0. The number of halogens is 3. The van der Waals surface area contributed by atoms with Crippen molar-refractivity contribution in [3.63, 3.8) is 0 Å². The van der Waals surface area contributed by atoms with Gasteiger partial charge in [0.15, 0.2) is 12.3 Å². The number of benzene rings is 2. The Bertz CT molecular complexity index is 981. The fourth-order valence-electron chi connectivity index (χ4n) is 2.89. The Morgan fingerprint density at radius 2 is 2.12 bits per heavy atom. The van der Waals surface area contributed by atoms with Crippen LogP contribution in [-0.4, -0.2) is 21.7 Å². The van der Waals surface area contributed by atoms with Crippen LogP contribution in [0.4, 0.5) is 18.8 Å². The number of ether oxygens (including phenoxy) is 1. The topological polar surface area (TPSA) is 47.4 Å². The third-order valence-electron chi connectivity index (χ3n) is 4.05. The van der Waals surface area contributed by atoms with E-state index in [4.69, 9.17) is 4.74 Å². The maximum atomic E-state index is 14.3. The summed E-state index contributed by atoms with van der Waals surface area (Å²) < 4.78 is 34.2. The van der Waals surface area contributed by atoms with E-state index >= 15 is 0 Å². The summed E-state index contributed by atoms with van der Waals surface area (Å²) in [5.41, 5.74) is 1.97. The largest absolute Gasteiger partial charge is 0.447 e. The van der Waals surface area contributed by atoms with Crippen molar-refractivity contribution < 1.29 is 17.8 Å². The molecule has 1 atom stereocenters. The first kappa shape index (κ1) is 16.3. The molecule has 0 saturated carbocycles. The molecular formula is C16H10BrF2N3O2S. The predicted octanol–water partition coefficient (Wildman–Crippen LogP) is 5.02. The lowest BCUT2D eigenvalue weighted by atomic mass is 10.1. The van der Waals surface area contributed by atoms with E-state index in [1.807, 2.05) is 0 Å². The summed E-state index contributed by atoms with van der Waals surface area (Å²) in [7, 11) is 0. The highest BCUT2D eigenvalue weighted by atomic mass is 79.9. The summed E-state index contributed by atoms with van der Waals surface area (Å²) >= 11 is 3.26. The van der Waals surface area contributed by atoms with E-state index in [1.54, 1.807) is 30.3 Å². The molecule has 1 saturated heterocycles. The average Bonchev–Trinajstić information content (AvgIpc) is 3.17. The van der Waals surface area contributed by atoms with Gasteiger partial charge < -0.3 is 4.74 Å². The molecule has 0 aliphatic carbocycles. The third kappa shape index (κ3) is 2.77. The second-order valence-corrected chi connectivity index (χ2v) is 6.89. The number of amides is 1. The van der Waals surface area contributed by atoms with Crippen LogP contribution in [0.15, 0.2) is 47.2 Å². The van der Waals surface area contributed by atoms with Crippen LogP contribution in [0, 0.1) is 5.82 Å². The molecule has 0 radical (unpaired) electrons. The van der Waals surface area contributed by atoms with Crippen molar-refractivity contribution >= 4 is 51.1 Å². The van der Waals surface area contributed by atoms with Gasteiger partial charge in [-0.25, -0.2) is 18.1 Å². The highest BCUT2D eigenvalue weighted by molar-refractivity contribution is 9.10. The van der Waals surface area contributed by atoms with Crippen LogP contribution in [0.1, 0.15) is 11.6 Å². The number of hydrogen-bond acceptors (Lipinski definition) is 4. The number of nitrogens with zero attached hydrogens (tertiary/aromatic N) is 3. The Labute approximate surface area is 154 Å². The third-order valence-corrected chi connectivity index (χ3v) is 4.98. The normalized spacial score (nSPS) is 17.3. The molecule has 0 bridgehead atoms. The number of imidazole rings is 1. The Hall–Kier alpha value is -2.13. The molecule has 3 aromatic rings. The lowest BCUT2D eigenvalue weighted by molar-refractivity contribution is 0.178. The van der Waals surface area contributed by atoms with Gasteiger partial charge in [0.25, 0.3) is 0 Å². The molecule has 0 unspecified atom stereocenters. The molecule has 0 spiro atoms. The number of anilines is 1. The smallest absolute Gasteiger partial charge is 0.415 e. The van der Waals surface area contributed by atoms with Gasteiger partial charge in [0.2, 0.25) is 0 Å². The van der Waals surface area contributed by atoms with Gasteiger partial charge in [-0.2, -0.15) is 0 Å². The van der Waals surface area contributed by atoms with Gasteiger partial charge in [-0.05, 0) is 30.3 Å². The molecule has 1 aromatic heterocycles. The molecule has 128 valence electrons. The number of carbonyl (C=O) groups excluding carboxylic acids is 1. The standard InChI is InChI=1S/C16H10BrF2N3O2S/c17-9-1-3-11(12(18)5-9)15-7-24-16(23)22(15)10-2-4-14-13(6-10)20-8-21(14)25-19/h1-6,8,15H,7H2/t15-/m1/s1. The molecule has 1 amide bonds. The van der Waals surface area contributed by atoms with Crippen molar-refractivity contribution in [1.82, 2.24) is 8.96 Å². The van der Waals surface area contributed by atoms with E-state index in [1.165, 1.54) is 21.3 Å². The average molecular weight is 426 g/mol. The molecule has 0 N–H and O–H groups in total. The number of cyclic esters (lactones) is 1. The number of aromatic nitrogens is 2.